The normalized spacial score (nSPS) is 12.2. The summed E-state index contributed by atoms with van der Waals surface area (Å²) in [6, 6.07) is 6.93. The van der Waals surface area contributed by atoms with Crippen LogP contribution in [0.3, 0.4) is 0 Å². The summed E-state index contributed by atoms with van der Waals surface area (Å²) in [5.74, 6) is -0.341. The minimum absolute atomic E-state index is 0.171. The van der Waals surface area contributed by atoms with Gasteiger partial charge in [0.25, 0.3) is 5.91 Å². The summed E-state index contributed by atoms with van der Waals surface area (Å²) in [6.45, 7) is 1.76. The molecular weight excluding hydrogens is 268 g/mol. The van der Waals surface area contributed by atoms with Crippen molar-refractivity contribution < 1.29 is 14.4 Å². The van der Waals surface area contributed by atoms with Gasteiger partial charge in [0.05, 0.1) is 6.10 Å². The van der Waals surface area contributed by atoms with Crippen molar-refractivity contribution in [2.75, 3.05) is 6.54 Å². The Morgan fingerprint density at radius 1 is 1.47 bits per heavy atom. The van der Waals surface area contributed by atoms with E-state index >= 15 is 0 Å². The van der Waals surface area contributed by atoms with Gasteiger partial charge in [-0.3, -0.25) is 4.79 Å². The lowest BCUT2D eigenvalue weighted by molar-refractivity contribution is 0.0924. The first kappa shape index (κ1) is 13.6. The first-order valence-electron chi connectivity index (χ1n) is 5.74. The van der Waals surface area contributed by atoms with Gasteiger partial charge in [0.2, 0.25) is 0 Å². The number of aliphatic hydroxyl groups is 1. The number of hydrogen-bond donors (Lipinski definition) is 2. The number of carbonyl (C=O) groups excluding carboxylic acids is 1. The summed E-state index contributed by atoms with van der Waals surface area (Å²) in [4.78, 5) is 11.9. The zero-order valence-corrected chi connectivity index (χ0v) is 11.0. The first-order chi connectivity index (χ1) is 9.08. The van der Waals surface area contributed by atoms with E-state index in [9.17, 15) is 4.79 Å². The summed E-state index contributed by atoms with van der Waals surface area (Å²) >= 11 is 5.81. The smallest absolute Gasteiger partial charge is 0.256 e. The van der Waals surface area contributed by atoms with Gasteiger partial charge in [-0.2, -0.15) is 0 Å². The van der Waals surface area contributed by atoms with Crippen molar-refractivity contribution >= 4 is 17.5 Å². The second-order valence-electron chi connectivity index (χ2n) is 4.14. The van der Waals surface area contributed by atoms with E-state index in [1.807, 2.05) is 0 Å². The predicted molar refractivity (Wildman–Crippen MR) is 71.0 cm³/mol. The Labute approximate surface area is 115 Å². The van der Waals surface area contributed by atoms with Gasteiger partial charge in [0.15, 0.2) is 0 Å². The molecular formula is C13H13ClN2O3. The molecule has 0 aliphatic heterocycles. The summed E-state index contributed by atoms with van der Waals surface area (Å²) in [5, 5.41) is 16.2. The Morgan fingerprint density at radius 2 is 2.16 bits per heavy atom. The van der Waals surface area contributed by atoms with Crippen LogP contribution in [0.25, 0.3) is 11.3 Å². The molecule has 1 unspecified atom stereocenters. The number of nitrogens with one attached hydrogen (secondary N) is 1. The maximum Gasteiger partial charge on any atom is 0.256 e. The highest BCUT2D eigenvalue weighted by Gasteiger charge is 2.17. The van der Waals surface area contributed by atoms with E-state index < -0.39 is 6.10 Å². The Bertz CT molecular complexity index is 564. The van der Waals surface area contributed by atoms with E-state index in [2.05, 4.69) is 10.5 Å². The lowest BCUT2D eigenvalue weighted by Crippen LogP contribution is -2.30. The highest BCUT2D eigenvalue weighted by Crippen LogP contribution is 2.23. The zero-order chi connectivity index (χ0) is 13.8. The van der Waals surface area contributed by atoms with Crippen molar-refractivity contribution in [3.63, 3.8) is 0 Å². The van der Waals surface area contributed by atoms with Crippen LogP contribution in [0.15, 0.2) is 35.1 Å². The quantitative estimate of drug-likeness (QED) is 0.899. The van der Waals surface area contributed by atoms with E-state index in [0.29, 0.717) is 16.3 Å². The monoisotopic (exact) mass is 280 g/mol. The molecule has 1 atom stereocenters. The van der Waals surface area contributed by atoms with Crippen LogP contribution in [-0.2, 0) is 0 Å². The van der Waals surface area contributed by atoms with Crippen molar-refractivity contribution in [3.05, 3.63) is 41.1 Å². The van der Waals surface area contributed by atoms with Crippen LogP contribution < -0.4 is 5.32 Å². The third kappa shape index (κ3) is 3.33. The zero-order valence-electron chi connectivity index (χ0n) is 10.3. The van der Waals surface area contributed by atoms with Crippen LogP contribution in [-0.4, -0.2) is 28.8 Å². The lowest BCUT2D eigenvalue weighted by atomic mass is 10.1. The molecule has 2 aromatic rings. The second kappa shape index (κ2) is 5.86. The van der Waals surface area contributed by atoms with E-state index in [1.54, 1.807) is 31.2 Å². The SMILES string of the molecule is CC(O)CNC(=O)c1conc1-c1ccc(Cl)cc1. The minimum Gasteiger partial charge on any atom is -0.392 e. The molecule has 19 heavy (non-hydrogen) atoms. The second-order valence-corrected chi connectivity index (χ2v) is 4.58. The van der Waals surface area contributed by atoms with Crippen LogP contribution >= 0.6 is 11.6 Å². The molecule has 100 valence electrons. The fourth-order valence-corrected chi connectivity index (χ4v) is 1.68. The summed E-state index contributed by atoms with van der Waals surface area (Å²) in [6.07, 6.45) is 0.671. The van der Waals surface area contributed by atoms with Crippen molar-refractivity contribution in [1.82, 2.24) is 10.5 Å². The largest absolute Gasteiger partial charge is 0.392 e. The Hall–Kier alpha value is -1.85. The highest BCUT2D eigenvalue weighted by molar-refractivity contribution is 6.30. The standard InChI is InChI=1S/C13H13ClN2O3/c1-8(17)6-15-13(18)11-7-19-16-12(11)9-2-4-10(14)5-3-9/h2-5,7-8,17H,6H2,1H3,(H,15,18). The molecule has 1 heterocycles. The highest BCUT2D eigenvalue weighted by atomic mass is 35.5. The van der Waals surface area contributed by atoms with Crippen LogP contribution in [0.1, 0.15) is 17.3 Å². The summed E-state index contributed by atoms with van der Waals surface area (Å²) < 4.78 is 4.85. The van der Waals surface area contributed by atoms with E-state index in [-0.39, 0.29) is 12.5 Å². The molecule has 0 aliphatic rings. The van der Waals surface area contributed by atoms with Crippen LogP contribution in [0.4, 0.5) is 0 Å². The molecule has 2 N–H and O–H groups in total. The molecule has 0 aliphatic carbocycles. The fraction of sp³-hybridized carbons (Fsp3) is 0.231. The van der Waals surface area contributed by atoms with Gasteiger partial charge in [-0.05, 0) is 19.1 Å². The van der Waals surface area contributed by atoms with E-state index in [4.69, 9.17) is 21.2 Å². The van der Waals surface area contributed by atoms with Crippen LogP contribution in [0.2, 0.25) is 5.02 Å². The predicted octanol–water partition coefficient (Wildman–Crippen LogP) is 2.11. The summed E-state index contributed by atoms with van der Waals surface area (Å²) in [7, 11) is 0. The van der Waals surface area contributed by atoms with Gasteiger partial charge in [-0.1, -0.05) is 28.9 Å². The number of carbonyl (C=O) groups is 1. The van der Waals surface area contributed by atoms with Gasteiger partial charge in [-0.25, -0.2) is 0 Å². The molecule has 0 bridgehead atoms. The van der Waals surface area contributed by atoms with Crippen LogP contribution in [0, 0.1) is 0 Å². The molecule has 1 amide bonds. The molecule has 0 saturated carbocycles. The molecule has 0 radical (unpaired) electrons. The van der Waals surface area contributed by atoms with Gasteiger partial charge in [-0.15, -0.1) is 0 Å². The number of halogens is 1. The number of hydrogen-bond acceptors (Lipinski definition) is 4. The average Bonchev–Trinajstić information content (AvgIpc) is 2.86. The first-order valence-corrected chi connectivity index (χ1v) is 6.12. The topological polar surface area (TPSA) is 75.4 Å². The number of aromatic nitrogens is 1. The number of nitrogens with zero attached hydrogens (tertiary/aromatic N) is 1. The van der Waals surface area contributed by atoms with Crippen molar-refractivity contribution in [2.45, 2.75) is 13.0 Å². The molecule has 5 nitrogen and oxygen atoms in total. The minimum atomic E-state index is -0.609. The molecule has 1 aromatic carbocycles. The third-order valence-electron chi connectivity index (χ3n) is 2.49. The fourth-order valence-electron chi connectivity index (χ4n) is 1.55. The van der Waals surface area contributed by atoms with Gasteiger partial charge < -0.3 is 14.9 Å². The Kier molecular flexibility index (Phi) is 4.19. The maximum atomic E-state index is 11.9. The molecule has 1 aromatic heterocycles. The number of rotatable bonds is 4. The maximum absolute atomic E-state index is 11.9. The van der Waals surface area contributed by atoms with E-state index in [0.717, 1.165) is 5.56 Å². The Balaban J connectivity index is 2.22. The molecule has 0 saturated heterocycles. The summed E-state index contributed by atoms with van der Waals surface area (Å²) in [5.41, 5.74) is 1.50. The lowest BCUT2D eigenvalue weighted by Gasteiger charge is -2.06. The number of benzene rings is 1. The number of aliphatic hydroxyl groups excluding tert-OH is 1. The molecule has 0 spiro atoms. The molecule has 0 fully saturated rings. The van der Waals surface area contributed by atoms with Crippen LogP contribution in [0.5, 0.6) is 0 Å². The molecule has 6 heteroatoms. The Morgan fingerprint density at radius 3 is 2.79 bits per heavy atom. The van der Waals surface area contributed by atoms with E-state index in [1.165, 1.54) is 6.26 Å². The van der Waals surface area contributed by atoms with Crippen molar-refractivity contribution in [2.24, 2.45) is 0 Å². The number of amides is 1. The average molecular weight is 281 g/mol. The van der Waals surface area contributed by atoms with Crippen molar-refractivity contribution in [1.29, 1.82) is 0 Å². The van der Waals surface area contributed by atoms with Gasteiger partial charge in [0, 0.05) is 17.1 Å². The molecule has 2 rings (SSSR count). The van der Waals surface area contributed by atoms with Gasteiger partial charge >= 0.3 is 0 Å². The third-order valence-corrected chi connectivity index (χ3v) is 2.74. The van der Waals surface area contributed by atoms with Crippen molar-refractivity contribution in [3.8, 4) is 11.3 Å². The van der Waals surface area contributed by atoms with Gasteiger partial charge in [0.1, 0.15) is 17.5 Å².